The fraction of sp³-hybridized carbons (Fsp3) is 0. The van der Waals surface area contributed by atoms with Gasteiger partial charge in [-0.3, -0.25) is 25.4 Å². The van der Waals surface area contributed by atoms with E-state index in [2.05, 4.69) is 4.98 Å². The molecule has 2 N–H and O–H groups in total. The van der Waals surface area contributed by atoms with Crippen molar-refractivity contribution in [2.75, 3.05) is 0 Å². The SMILES string of the molecule is O=C(C=Cc1c(F)c(F)c(F)c(F)c1F)NNC(=O)c1cc(Oc2ccccc2)ccn1. The van der Waals surface area contributed by atoms with Crippen LogP contribution in [0.25, 0.3) is 6.08 Å². The normalized spacial score (nSPS) is 10.8. The lowest BCUT2D eigenvalue weighted by atomic mass is 10.1. The first-order chi connectivity index (χ1) is 15.3. The second-order valence-corrected chi connectivity index (χ2v) is 6.05. The van der Waals surface area contributed by atoms with E-state index in [1.54, 1.807) is 30.3 Å². The number of hydrazine groups is 1. The lowest BCUT2D eigenvalue weighted by Gasteiger charge is -2.08. The van der Waals surface area contributed by atoms with Crippen molar-refractivity contribution in [1.82, 2.24) is 15.8 Å². The number of benzene rings is 2. The van der Waals surface area contributed by atoms with Crippen molar-refractivity contribution >= 4 is 17.9 Å². The molecule has 0 saturated heterocycles. The number of carbonyl (C=O) groups excluding carboxylic acids is 2. The molecule has 1 heterocycles. The topological polar surface area (TPSA) is 80.3 Å². The number of ether oxygens (including phenoxy) is 1. The molecule has 0 spiro atoms. The second kappa shape index (κ2) is 9.69. The van der Waals surface area contributed by atoms with Crippen molar-refractivity contribution in [2.45, 2.75) is 0 Å². The smallest absolute Gasteiger partial charge is 0.288 e. The molecule has 0 fully saturated rings. The zero-order valence-corrected chi connectivity index (χ0v) is 15.8. The Kier molecular flexibility index (Phi) is 6.78. The summed E-state index contributed by atoms with van der Waals surface area (Å²) in [6.07, 6.45) is 2.14. The fourth-order valence-electron chi connectivity index (χ4n) is 2.37. The highest BCUT2D eigenvalue weighted by atomic mass is 19.2. The molecule has 164 valence electrons. The van der Waals surface area contributed by atoms with Gasteiger partial charge in [0.2, 0.25) is 5.82 Å². The summed E-state index contributed by atoms with van der Waals surface area (Å²) >= 11 is 0. The van der Waals surface area contributed by atoms with Crippen LogP contribution in [-0.4, -0.2) is 16.8 Å². The van der Waals surface area contributed by atoms with Gasteiger partial charge in [0.1, 0.15) is 17.2 Å². The number of pyridine rings is 1. The van der Waals surface area contributed by atoms with Crippen molar-refractivity contribution in [3.8, 4) is 11.5 Å². The van der Waals surface area contributed by atoms with E-state index in [0.717, 1.165) is 0 Å². The van der Waals surface area contributed by atoms with E-state index in [1.807, 2.05) is 10.9 Å². The molecule has 0 radical (unpaired) electrons. The van der Waals surface area contributed by atoms with Crippen LogP contribution in [0.15, 0.2) is 54.7 Å². The Hall–Kier alpha value is -4.28. The molecule has 0 unspecified atom stereocenters. The van der Waals surface area contributed by atoms with Crippen molar-refractivity contribution in [3.63, 3.8) is 0 Å². The van der Waals surface area contributed by atoms with Gasteiger partial charge in [-0.25, -0.2) is 22.0 Å². The minimum absolute atomic E-state index is 0.137. The van der Waals surface area contributed by atoms with Gasteiger partial charge in [0.05, 0.1) is 5.56 Å². The van der Waals surface area contributed by atoms with E-state index in [-0.39, 0.29) is 11.4 Å². The third-order valence-corrected chi connectivity index (χ3v) is 3.89. The Morgan fingerprint density at radius 1 is 0.812 bits per heavy atom. The molecule has 6 nitrogen and oxygen atoms in total. The monoisotopic (exact) mass is 449 g/mol. The number of rotatable bonds is 5. The standard InChI is InChI=1S/C21H12F5N3O3/c22-16-13(17(23)19(25)20(26)18(16)24)6-7-15(30)28-29-21(31)14-10-12(8-9-27-14)32-11-4-2-1-3-5-11/h1-10H,(H,28,30)(H,29,31). The maximum atomic E-state index is 13.6. The molecule has 3 aromatic rings. The Morgan fingerprint density at radius 3 is 2.09 bits per heavy atom. The molecule has 0 atom stereocenters. The summed E-state index contributed by atoms with van der Waals surface area (Å²) in [7, 11) is 0. The van der Waals surface area contributed by atoms with Gasteiger partial charge in [-0.2, -0.15) is 0 Å². The van der Waals surface area contributed by atoms with E-state index in [4.69, 9.17) is 4.74 Å². The molecular formula is C21H12F5N3O3. The minimum Gasteiger partial charge on any atom is -0.457 e. The number of carbonyl (C=O) groups is 2. The molecule has 2 aromatic carbocycles. The summed E-state index contributed by atoms with van der Waals surface area (Å²) < 4.78 is 72.1. The number of nitrogens with one attached hydrogen (secondary N) is 2. The Bertz CT molecular complexity index is 1170. The first-order valence-corrected chi connectivity index (χ1v) is 8.76. The molecule has 32 heavy (non-hydrogen) atoms. The van der Waals surface area contributed by atoms with Gasteiger partial charge in [-0.1, -0.05) is 18.2 Å². The average Bonchev–Trinajstić information content (AvgIpc) is 2.80. The Labute approximate surface area is 177 Å². The van der Waals surface area contributed by atoms with Crippen molar-refractivity contribution in [3.05, 3.63) is 95.1 Å². The van der Waals surface area contributed by atoms with Crippen LogP contribution in [-0.2, 0) is 4.79 Å². The molecule has 3 rings (SSSR count). The maximum absolute atomic E-state index is 13.6. The van der Waals surface area contributed by atoms with E-state index >= 15 is 0 Å². The van der Waals surface area contributed by atoms with Crippen LogP contribution in [0.4, 0.5) is 22.0 Å². The van der Waals surface area contributed by atoms with Gasteiger partial charge < -0.3 is 4.74 Å². The zero-order valence-electron chi connectivity index (χ0n) is 15.8. The van der Waals surface area contributed by atoms with Crippen molar-refractivity contribution < 1.29 is 36.3 Å². The molecule has 0 bridgehead atoms. The second-order valence-electron chi connectivity index (χ2n) is 6.05. The number of para-hydroxylation sites is 1. The van der Waals surface area contributed by atoms with Gasteiger partial charge >= 0.3 is 0 Å². The predicted molar refractivity (Wildman–Crippen MR) is 102 cm³/mol. The number of aromatic nitrogens is 1. The van der Waals surface area contributed by atoms with Gasteiger partial charge in [0, 0.05) is 18.3 Å². The number of halogens is 5. The summed E-state index contributed by atoms with van der Waals surface area (Å²) in [4.78, 5) is 27.7. The van der Waals surface area contributed by atoms with E-state index < -0.39 is 46.5 Å². The Balaban J connectivity index is 1.63. The third-order valence-electron chi connectivity index (χ3n) is 3.89. The van der Waals surface area contributed by atoms with E-state index in [9.17, 15) is 31.5 Å². The molecule has 11 heteroatoms. The molecule has 2 amide bonds. The number of hydrogen-bond acceptors (Lipinski definition) is 4. The van der Waals surface area contributed by atoms with Gasteiger partial charge in [0.15, 0.2) is 23.3 Å². The third kappa shape index (κ3) is 5.06. The maximum Gasteiger partial charge on any atom is 0.288 e. The number of nitrogens with zero attached hydrogens (tertiary/aromatic N) is 1. The van der Waals surface area contributed by atoms with Crippen LogP contribution >= 0.6 is 0 Å². The van der Waals surface area contributed by atoms with Crippen LogP contribution in [0.2, 0.25) is 0 Å². The Morgan fingerprint density at radius 2 is 1.44 bits per heavy atom. The van der Waals surface area contributed by atoms with Gasteiger partial charge in [0.25, 0.3) is 11.8 Å². The summed E-state index contributed by atoms with van der Waals surface area (Å²) in [5.41, 5.74) is 2.42. The highest BCUT2D eigenvalue weighted by Gasteiger charge is 2.24. The van der Waals surface area contributed by atoms with Crippen LogP contribution in [0.1, 0.15) is 16.1 Å². The van der Waals surface area contributed by atoms with Crippen LogP contribution in [0, 0.1) is 29.1 Å². The summed E-state index contributed by atoms with van der Waals surface area (Å²) in [5.74, 6) is -12.0. The van der Waals surface area contributed by atoms with Crippen LogP contribution in [0.5, 0.6) is 11.5 Å². The predicted octanol–water partition coefficient (Wildman–Crippen LogP) is 4.04. The number of amides is 2. The fourth-order valence-corrected chi connectivity index (χ4v) is 2.37. The van der Waals surface area contributed by atoms with E-state index in [0.29, 0.717) is 17.9 Å². The molecule has 0 aliphatic heterocycles. The summed E-state index contributed by atoms with van der Waals surface area (Å²) in [5, 5.41) is 0. The van der Waals surface area contributed by atoms with Gasteiger partial charge in [-0.15, -0.1) is 0 Å². The lowest BCUT2D eigenvalue weighted by molar-refractivity contribution is -0.117. The molecular weight excluding hydrogens is 437 g/mol. The van der Waals surface area contributed by atoms with Crippen LogP contribution in [0.3, 0.4) is 0 Å². The van der Waals surface area contributed by atoms with Crippen molar-refractivity contribution in [2.24, 2.45) is 0 Å². The highest BCUT2D eigenvalue weighted by Crippen LogP contribution is 2.24. The molecule has 0 saturated carbocycles. The largest absolute Gasteiger partial charge is 0.457 e. The first kappa shape index (κ1) is 22.4. The van der Waals surface area contributed by atoms with Gasteiger partial charge in [-0.05, 0) is 24.3 Å². The summed E-state index contributed by atoms with van der Waals surface area (Å²) in [6, 6.07) is 11.5. The first-order valence-electron chi connectivity index (χ1n) is 8.76. The molecule has 0 aliphatic rings. The molecule has 1 aromatic heterocycles. The highest BCUT2D eigenvalue weighted by molar-refractivity contribution is 5.97. The average molecular weight is 449 g/mol. The minimum atomic E-state index is -2.32. The van der Waals surface area contributed by atoms with Crippen LogP contribution < -0.4 is 15.6 Å². The number of hydrogen-bond donors (Lipinski definition) is 2. The molecule has 0 aliphatic carbocycles. The quantitative estimate of drug-likeness (QED) is 0.203. The summed E-state index contributed by atoms with van der Waals surface area (Å²) in [6.45, 7) is 0. The van der Waals surface area contributed by atoms with E-state index in [1.165, 1.54) is 18.3 Å². The lowest BCUT2D eigenvalue weighted by Crippen LogP contribution is -2.41. The zero-order chi connectivity index (χ0) is 23.3. The van der Waals surface area contributed by atoms with Crippen molar-refractivity contribution in [1.29, 1.82) is 0 Å².